The normalized spacial score (nSPS) is 14.8. The van der Waals surface area contributed by atoms with Gasteiger partial charge in [-0.1, -0.05) is 32.1 Å². The Hall–Kier alpha value is -1.71. The summed E-state index contributed by atoms with van der Waals surface area (Å²) in [6.45, 7) is 0. The van der Waals surface area contributed by atoms with E-state index < -0.39 is 0 Å². The van der Waals surface area contributed by atoms with E-state index in [1.54, 1.807) is 6.07 Å². The fraction of sp³-hybridized carbons (Fsp3) is 0.500. The van der Waals surface area contributed by atoms with Gasteiger partial charge in [-0.05, 0) is 37.0 Å². The van der Waals surface area contributed by atoms with E-state index in [-0.39, 0.29) is 11.4 Å². The van der Waals surface area contributed by atoms with Crippen molar-refractivity contribution < 1.29 is 4.39 Å². The first-order valence-corrected chi connectivity index (χ1v) is 7.41. The van der Waals surface area contributed by atoms with E-state index in [0.29, 0.717) is 23.1 Å². The van der Waals surface area contributed by atoms with E-state index >= 15 is 0 Å². The van der Waals surface area contributed by atoms with E-state index in [0.717, 1.165) is 18.8 Å². The largest absolute Gasteiger partial charge is 0.319 e. The molecule has 0 amide bonds. The third kappa shape index (κ3) is 3.24. The van der Waals surface area contributed by atoms with Crippen molar-refractivity contribution in [2.45, 2.75) is 44.9 Å². The summed E-state index contributed by atoms with van der Waals surface area (Å²) in [6.07, 6.45) is 8.24. The molecule has 1 heterocycles. The average Bonchev–Trinajstić information content (AvgIpc) is 3.23. The van der Waals surface area contributed by atoms with Crippen molar-refractivity contribution >= 4 is 11.0 Å². The van der Waals surface area contributed by atoms with Gasteiger partial charge in [0.05, 0.1) is 11.0 Å². The van der Waals surface area contributed by atoms with Crippen LogP contribution in [0.4, 0.5) is 4.39 Å². The Morgan fingerprint density at radius 2 is 2.10 bits per heavy atom. The van der Waals surface area contributed by atoms with Crippen LogP contribution in [-0.4, -0.2) is 9.97 Å². The Morgan fingerprint density at radius 3 is 2.90 bits per heavy atom. The summed E-state index contributed by atoms with van der Waals surface area (Å²) in [6, 6.07) is 4.29. The molecule has 1 aromatic heterocycles. The van der Waals surface area contributed by atoms with Crippen molar-refractivity contribution in [2.24, 2.45) is 5.92 Å². The molecule has 0 saturated heterocycles. The highest BCUT2D eigenvalue weighted by molar-refractivity contribution is 5.73. The predicted octanol–water partition coefficient (Wildman–Crippen LogP) is 3.58. The maximum Gasteiger partial charge on any atom is 0.270 e. The molecule has 1 fully saturated rings. The number of nitrogens with zero attached hydrogens (tertiary/aromatic N) is 1. The standard InChI is InChI=1S/C16H19FN2O/c17-12-8-9-13-15(10-12)19-16(20)14(18-13)5-3-1-2-4-11-6-7-11/h8-11H,1-7H2,(H,19,20). The fourth-order valence-electron chi connectivity index (χ4n) is 2.57. The van der Waals surface area contributed by atoms with Crippen LogP contribution in [0.15, 0.2) is 23.0 Å². The number of aromatic nitrogens is 2. The molecule has 3 rings (SSSR count). The number of hydrogen-bond acceptors (Lipinski definition) is 2. The molecule has 0 unspecified atom stereocenters. The van der Waals surface area contributed by atoms with E-state index in [1.165, 1.54) is 37.8 Å². The molecule has 4 heteroatoms. The molecule has 1 saturated carbocycles. The van der Waals surface area contributed by atoms with Crippen LogP contribution < -0.4 is 5.56 Å². The van der Waals surface area contributed by atoms with Gasteiger partial charge in [0.1, 0.15) is 11.5 Å². The number of halogens is 1. The van der Waals surface area contributed by atoms with Crippen LogP contribution in [0.3, 0.4) is 0 Å². The minimum absolute atomic E-state index is 0.190. The van der Waals surface area contributed by atoms with E-state index in [2.05, 4.69) is 9.97 Å². The summed E-state index contributed by atoms with van der Waals surface area (Å²) in [4.78, 5) is 18.9. The van der Waals surface area contributed by atoms with Crippen molar-refractivity contribution in [2.75, 3.05) is 0 Å². The SMILES string of the molecule is O=c1[nH]c2cc(F)ccc2nc1CCCCCC1CC1. The second kappa shape index (κ2) is 5.73. The Bertz CT molecular complexity index is 661. The average molecular weight is 274 g/mol. The molecule has 106 valence electrons. The van der Waals surface area contributed by atoms with Gasteiger partial charge in [0.25, 0.3) is 5.56 Å². The molecular weight excluding hydrogens is 255 g/mol. The molecular formula is C16H19FN2O. The summed E-state index contributed by atoms with van der Waals surface area (Å²) >= 11 is 0. The van der Waals surface area contributed by atoms with Crippen LogP contribution in [0.5, 0.6) is 0 Å². The summed E-state index contributed by atoms with van der Waals surface area (Å²) in [5.41, 5.74) is 1.49. The van der Waals surface area contributed by atoms with Gasteiger partial charge in [-0.15, -0.1) is 0 Å². The van der Waals surface area contributed by atoms with Crippen molar-refractivity contribution in [1.82, 2.24) is 9.97 Å². The second-order valence-electron chi connectivity index (χ2n) is 5.72. The van der Waals surface area contributed by atoms with Gasteiger partial charge in [0, 0.05) is 0 Å². The first-order chi connectivity index (χ1) is 9.72. The zero-order chi connectivity index (χ0) is 13.9. The number of fused-ring (bicyclic) bond motifs is 1. The van der Waals surface area contributed by atoms with Crippen molar-refractivity contribution in [3.63, 3.8) is 0 Å². The predicted molar refractivity (Wildman–Crippen MR) is 77.2 cm³/mol. The number of nitrogens with one attached hydrogen (secondary N) is 1. The van der Waals surface area contributed by atoms with E-state index in [9.17, 15) is 9.18 Å². The van der Waals surface area contributed by atoms with Crippen LogP contribution in [-0.2, 0) is 6.42 Å². The highest BCUT2D eigenvalue weighted by Gasteiger charge is 2.19. The molecule has 0 radical (unpaired) electrons. The van der Waals surface area contributed by atoms with Gasteiger partial charge in [-0.3, -0.25) is 4.79 Å². The lowest BCUT2D eigenvalue weighted by atomic mass is 10.1. The molecule has 3 nitrogen and oxygen atoms in total. The number of hydrogen-bond donors (Lipinski definition) is 1. The van der Waals surface area contributed by atoms with E-state index in [4.69, 9.17) is 0 Å². The molecule has 0 aliphatic heterocycles. The lowest BCUT2D eigenvalue weighted by molar-refractivity contribution is 0.599. The molecule has 1 N–H and O–H groups in total. The smallest absolute Gasteiger partial charge is 0.270 e. The topological polar surface area (TPSA) is 45.8 Å². The molecule has 0 atom stereocenters. The van der Waals surface area contributed by atoms with Crippen LogP contribution in [0, 0.1) is 11.7 Å². The highest BCUT2D eigenvalue weighted by atomic mass is 19.1. The molecule has 2 aromatic rings. The Balaban J connectivity index is 1.63. The van der Waals surface area contributed by atoms with Gasteiger partial charge in [0.2, 0.25) is 0 Å². The first-order valence-electron chi connectivity index (χ1n) is 7.41. The summed E-state index contributed by atoms with van der Waals surface area (Å²) < 4.78 is 13.1. The Morgan fingerprint density at radius 1 is 1.25 bits per heavy atom. The van der Waals surface area contributed by atoms with Crippen LogP contribution in [0.2, 0.25) is 0 Å². The molecule has 0 bridgehead atoms. The first kappa shape index (κ1) is 13.3. The number of benzene rings is 1. The maximum absolute atomic E-state index is 13.1. The van der Waals surface area contributed by atoms with Crippen molar-refractivity contribution in [3.8, 4) is 0 Å². The monoisotopic (exact) mass is 274 g/mol. The van der Waals surface area contributed by atoms with Gasteiger partial charge in [-0.2, -0.15) is 0 Å². The van der Waals surface area contributed by atoms with Crippen molar-refractivity contribution in [3.05, 3.63) is 40.1 Å². The third-order valence-corrected chi connectivity index (χ3v) is 3.95. The summed E-state index contributed by atoms with van der Waals surface area (Å²) in [7, 11) is 0. The zero-order valence-corrected chi connectivity index (χ0v) is 11.5. The van der Waals surface area contributed by atoms with Gasteiger partial charge >= 0.3 is 0 Å². The molecule has 20 heavy (non-hydrogen) atoms. The van der Waals surface area contributed by atoms with E-state index in [1.807, 2.05) is 0 Å². The Kier molecular flexibility index (Phi) is 3.81. The Labute approximate surface area is 117 Å². The number of rotatable bonds is 6. The number of aryl methyl sites for hydroxylation is 1. The maximum atomic E-state index is 13.1. The number of unbranched alkanes of at least 4 members (excludes halogenated alkanes) is 2. The lowest BCUT2D eigenvalue weighted by Crippen LogP contribution is -2.15. The zero-order valence-electron chi connectivity index (χ0n) is 11.5. The molecule has 1 aliphatic rings. The van der Waals surface area contributed by atoms with Crippen molar-refractivity contribution in [1.29, 1.82) is 0 Å². The number of aromatic amines is 1. The quantitative estimate of drug-likeness (QED) is 0.818. The summed E-state index contributed by atoms with van der Waals surface area (Å²) in [5.74, 6) is 0.620. The lowest BCUT2D eigenvalue weighted by Gasteiger charge is -2.03. The fourth-order valence-corrected chi connectivity index (χ4v) is 2.57. The third-order valence-electron chi connectivity index (χ3n) is 3.95. The van der Waals surface area contributed by atoms with Crippen LogP contribution >= 0.6 is 0 Å². The molecule has 0 spiro atoms. The van der Waals surface area contributed by atoms with Crippen LogP contribution in [0.1, 0.15) is 44.2 Å². The minimum Gasteiger partial charge on any atom is -0.319 e. The van der Waals surface area contributed by atoms with Gasteiger partial charge in [0.15, 0.2) is 0 Å². The highest BCUT2D eigenvalue weighted by Crippen LogP contribution is 2.34. The number of H-pyrrole nitrogens is 1. The minimum atomic E-state index is -0.359. The van der Waals surface area contributed by atoms with Gasteiger partial charge in [-0.25, -0.2) is 9.37 Å². The van der Waals surface area contributed by atoms with Gasteiger partial charge < -0.3 is 4.98 Å². The molecule has 1 aliphatic carbocycles. The van der Waals surface area contributed by atoms with Crippen LogP contribution in [0.25, 0.3) is 11.0 Å². The second-order valence-corrected chi connectivity index (χ2v) is 5.72. The summed E-state index contributed by atoms with van der Waals surface area (Å²) in [5, 5.41) is 0. The molecule has 1 aromatic carbocycles.